The van der Waals surface area contributed by atoms with Crippen LogP contribution in [0.3, 0.4) is 0 Å². The van der Waals surface area contributed by atoms with Gasteiger partial charge < -0.3 is 4.74 Å². The summed E-state index contributed by atoms with van der Waals surface area (Å²) < 4.78 is 9.65. The number of methoxy groups -OCH3 is 1. The first-order chi connectivity index (χ1) is 16.8. The van der Waals surface area contributed by atoms with Crippen LogP contribution in [0.25, 0.3) is 37.2 Å². The summed E-state index contributed by atoms with van der Waals surface area (Å²) in [4.78, 5) is 32.2. The second kappa shape index (κ2) is 8.85. The van der Waals surface area contributed by atoms with Gasteiger partial charge in [0.25, 0.3) is 5.56 Å². The van der Waals surface area contributed by atoms with Gasteiger partial charge in [-0.15, -0.1) is 11.3 Å². The number of nitrogens with zero attached hydrogens (tertiary/aromatic N) is 6. The second-order valence-electron chi connectivity index (χ2n) is 7.64. The normalized spacial score (nSPS) is 11.3. The van der Waals surface area contributed by atoms with Crippen molar-refractivity contribution >= 4 is 55.7 Å². The molecule has 0 saturated heterocycles. The van der Waals surface area contributed by atoms with E-state index >= 15 is 0 Å². The molecule has 0 radical (unpaired) electrons. The number of aromatic nitrogens is 5. The minimum absolute atomic E-state index is 0.0850. The molecule has 0 bridgehead atoms. The number of ether oxygens (including phenoxy) is 1. The summed E-state index contributed by atoms with van der Waals surface area (Å²) in [7, 11) is 3.22. The Morgan fingerprint density at radius 2 is 1.94 bits per heavy atom. The number of hydrogen-bond donors (Lipinski definition) is 0. The minimum atomic E-state index is -0.573. The zero-order chi connectivity index (χ0) is 24.9. The number of nitriles is 1. The Kier molecular flexibility index (Phi) is 5.84. The Labute approximate surface area is 211 Å². The van der Waals surface area contributed by atoms with E-state index in [1.165, 1.54) is 29.2 Å². The lowest BCUT2D eigenvalue weighted by atomic mass is 10.1. The summed E-state index contributed by atoms with van der Waals surface area (Å²) in [6.45, 7) is 0.105. The molecule has 0 amide bonds. The molecule has 0 atom stereocenters. The first kappa shape index (κ1) is 23.1. The topological polar surface area (TPSA) is 108 Å². The minimum Gasteiger partial charge on any atom is -0.495 e. The number of hydrogen-bond acceptors (Lipinski definition) is 7. The van der Waals surface area contributed by atoms with Crippen molar-refractivity contribution < 1.29 is 4.74 Å². The number of fused-ring (bicyclic) bond motifs is 2. The van der Waals surface area contributed by atoms with Crippen LogP contribution in [0.2, 0.25) is 10.0 Å². The Balaban J connectivity index is 1.85. The van der Waals surface area contributed by atoms with Gasteiger partial charge in [0.15, 0.2) is 0 Å². The van der Waals surface area contributed by atoms with Crippen LogP contribution < -0.4 is 16.0 Å². The van der Waals surface area contributed by atoms with Crippen LogP contribution >= 0.6 is 34.5 Å². The van der Waals surface area contributed by atoms with Crippen LogP contribution in [-0.4, -0.2) is 31.0 Å². The largest absolute Gasteiger partial charge is 0.495 e. The number of halogens is 2. The Morgan fingerprint density at radius 1 is 1.14 bits per heavy atom. The average molecular weight is 527 g/mol. The number of rotatable bonds is 5. The molecule has 12 heteroatoms. The number of benzene rings is 1. The Hall–Kier alpha value is -3.65. The molecule has 0 fully saturated rings. The lowest BCUT2D eigenvalue weighted by molar-refractivity contribution is 0.415. The number of thiophene rings is 1. The molecular formula is C23H16Cl2N6O3S. The molecule has 4 aromatic heterocycles. The molecule has 35 heavy (non-hydrogen) atoms. The molecule has 9 nitrogen and oxygen atoms in total. The molecule has 0 spiro atoms. The van der Waals surface area contributed by atoms with Crippen molar-refractivity contribution in [1.82, 2.24) is 23.9 Å². The molecule has 5 rings (SSSR count). The summed E-state index contributed by atoms with van der Waals surface area (Å²) >= 11 is 14.0. The SMILES string of the molecule is COc1cc(Cl)c(-c2cc3c(s2)c(=O)n(-c2cncc4cnn(C)c24)c(=O)n3CCC#N)cc1Cl. The van der Waals surface area contributed by atoms with Gasteiger partial charge in [0.1, 0.15) is 10.4 Å². The standard InChI is InChI=1S/C23H16Cl2N6O3S/c1-29-20-12(10-28-29)9-27-11-17(20)31-22(32)21-16(30(23(31)33)5-3-4-26)8-19(35-21)13-6-15(25)18(34-2)7-14(13)24/h6-11H,3,5H2,1-2H3. The molecule has 176 valence electrons. The van der Waals surface area contributed by atoms with E-state index in [0.29, 0.717) is 53.0 Å². The van der Waals surface area contributed by atoms with Crippen molar-refractivity contribution in [2.24, 2.45) is 7.05 Å². The van der Waals surface area contributed by atoms with E-state index < -0.39 is 11.2 Å². The number of aryl methyl sites for hydroxylation is 2. The van der Waals surface area contributed by atoms with Crippen LogP contribution in [0.5, 0.6) is 5.75 Å². The fraction of sp³-hybridized carbons (Fsp3) is 0.174. The molecule has 0 unspecified atom stereocenters. The summed E-state index contributed by atoms with van der Waals surface area (Å²) in [6.07, 6.45) is 4.77. The summed E-state index contributed by atoms with van der Waals surface area (Å²) in [6, 6.07) is 7.03. The van der Waals surface area contributed by atoms with Gasteiger partial charge in [-0.2, -0.15) is 10.4 Å². The summed E-state index contributed by atoms with van der Waals surface area (Å²) in [5.41, 5.74) is 0.842. The Morgan fingerprint density at radius 3 is 2.69 bits per heavy atom. The monoisotopic (exact) mass is 526 g/mol. The molecule has 0 N–H and O–H groups in total. The molecule has 5 aromatic rings. The first-order valence-electron chi connectivity index (χ1n) is 10.3. The fourth-order valence-corrected chi connectivity index (χ4v) is 5.69. The van der Waals surface area contributed by atoms with E-state index in [1.54, 1.807) is 42.3 Å². The third-order valence-corrected chi connectivity index (χ3v) is 7.39. The van der Waals surface area contributed by atoms with Gasteiger partial charge in [0.05, 0.1) is 58.8 Å². The maximum atomic E-state index is 13.7. The van der Waals surface area contributed by atoms with Crippen molar-refractivity contribution in [3.8, 4) is 27.9 Å². The van der Waals surface area contributed by atoms with Crippen molar-refractivity contribution in [2.75, 3.05) is 7.11 Å². The van der Waals surface area contributed by atoms with Gasteiger partial charge in [-0.3, -0.25) is 19.0 Å². The maximum absolute atomic E-state index is 13.7. The van der Waals surface area contributed by atoms with E-state index in [1.807, 2.05) is 0 Å². The Bertz CT molecular complexity index is 1790. The molecule has 4 heterocycles. The van der Waals surface area contributed by atoms with Crippen molar-refractivity contribution in [3.63, 3.8) is 0 Å². The van der Waals surface area contributed by atoms with E-state index in [2.05, 4.69) is 16.2 Å². The maximum Gasteiger partial charge on any atom is 0.336 e. The van der Waals surface area contributed by atoms with Crippen molar-refractivity contribution in [2.45, 2.75) is 13.0 Å². The van der Waals surface area contributed by atoms with Gasteiger partial charge >= 0.3 is 5.69 Å². The van der Waals surface area contributed by atoms with E-state index in [9.17, 15) is 14.9 Å². The van der Waals surface area contributed by atoms with E-state index in [-0.39, 0.29) is 13.0 Å². The molecule has 0 aliphatic heterocycles. The summed E-state index contributed by atoms with van der Waals surface area (Å²) in [5, 5.41) is 14.8. The zero-order valence-electron chi connectivity index (χ0n) is 18.5. The highest BCUT2D eigenvalue weighted by Crippen LogP contribution is 2.40. The van der Waals surface area contributed by atoms with Gasteiger partial charge in [-0.1, -0.05) is 23.2 Å². The van der Waals surface area contributed by atoms with Gasteiger partial charge in [-0.05, 0) is 12.1 Å². The molecule has 1 aromatic carbocycles. The lowest BCUT2D eigenvalue weighted by Crippen LogP contribution is -2.38. The first-order valence-corrected chi connectivity index (χ1v) is 11.9. The van der Waals surface area contributed by atoms with E-state index in [0.717, 1.165) is 4.57 Å². The lowest BCUT2D eigenvalue weighted by Gasteiger charge is -2.12. The van der Waals surface area contributed by atoms with Crippen LogP contribution in [0.15, 0.2) is 46.4 Å². The molecule has 0 aliphatic rings. The van der Waals surface area contributed by atoms with Crippen molar-refractivity contribution in [1.29, 1.82) is 5.26 Å². The predicted octanol–water partition coefficient (Wildman–Crippen LogP) is 4.39. The van der Waals surface area contributed by atoms with Gasteiger partial charge in [0.2, 0.25) is 0 Å². The van der Waals surface area contributed by atoms with Crippen LogP contribution in [0, 0.1) is 11.3 Å². The second-order valence-corrected chi connectivity index (χ2v) is 9.51. The fourth-order valence-electron chi connectivity index (χ4n) is 4.02. The summed E-state index contributed by atoms with van der Waals surface area (Å²) in [5.74, 6) is 0.423. The van der Waals surface area contributed by atoms with Crippen molar-refractivity contribution in [3.05, 3.63) is 67.7 Å². The number of pyridine rings is 1. The quantitative estimate of drug-likeness (QED) is 0.336. The molecular weight excluding hydrogens is 511 g/mol. The van der Waals surface area contributed by atoms with E-state index in [4.69, 9.17) is 27.9 Å². The highest BCUT2D eigenvalue weighted by molar-refractivity contribution is 7.22. The third-order valence-electron chi connectivity index (χ3n) is 5.64. The predicted molar refractivity (Wildman–Crippen MR) is 136 cm³/mol. The molecule has 0 saturated carbocycles. The zero-order valence-corrected chi connectivity index (χ0v) is 20.8. The van der Waals surface area contributed by atoms with Gasteiger partial charge in [-0.25, -0.2) is 9.36 Å². The highest BCUT2D eigenvalue weighted by atomic mass is 35.5. The van der Waals surface area contributed by atoms with Crippen LogP contribution in [0.1, 0.15) is 6.42 Å². The average Bonchev–Trinajstić information content (AvgIpc) is 3.45. The smallest absolute Gasteiger partial charge is 0.336 e. The van der Waals surface area contributed by atoms with Crippen LogP contribution in [-0.2, 0) is 13.6 Å². The highest BCUT2D eigenvalue weighted by Gasteiger charge is 2.22. The van der Waals surface area contributed by atoms with Crippen LogP contribution in [0.4, 0.5) is 0 Å². The third kappa shape index (κ3) is 3.69. The molecule has 0 aliphatic carbocycles. The van der Waals surface area contributed by atoms with Gasteiger partial charge in [0, 0.05) is 41.7 Å².